The Morgan fingerprint density at radius 1 is 1.06 bits per heavy atom. The summed E-state index contributed by atoms with van der Waals surface area (Å²) in [7, 11) is 0. The van der Waals surface area contributed by atoms with Gasteiger partial charge >= 0.3 is 0 Å². The lowest BCUT2D eigenvalue weighted by Gasteiger charge is -2.56. The van der Waals surface area contributed by atoms with Gasteiger partial charge in [-0.3, -0.25) is 9.69 Å². The maximum atomic E-state index is 11.8. The molecule has 1 unspecified atom stereocenters. The van der Waals surface area contributed by atoms with E-state index in [0.717, 1.165) is 23.7 Å². The van der Waals surface area contributed by atoms with Gasteiger partial charge in [-0.05, 0) is 55.8 Å². The third-order valence-electron chi connectivity index (χ3n) is 5.92. The minimum absolute atomic E-state index is 0.159. The van der Waals surface area contributed by atoms with Crippen molar-refractivity contribution in [3.8, 4) is 6.07 Å². The first-order chi connectivity index (χ1) is 8.74. The van der Waals surface area contributed by atoms with Gasteiger partial charge in [0, 0.05) is 12.6 Å². The van der Waals surface area contributed by atoms with E-state index in [4.69, 9.17) is 5.26 Å². The van der Waals surface area contributed by atoms with Gasteiger partial charge in [0.25, 0.3) is 0 Å². The highest BCUT2D eigenvalue weighted by Gasteiger charge is 2.51. The molecule has 0 N–H and O–H groups in total. The van der Waals surface area contributed by atoms with Gasteiger partial charge in [0.05, 0.1) is 12.6 Å². The SMILES string of the molecule is N#CC1CN(C2C3CC4CC(C3)CC2C4)CC1=O. The van der Waals surface area contributed by atoms with Crippen LogP contribution in [0.25, 0.3) is 0 Å². The van der Waals surface area contributed by atoms with Gasteiger partial charge in [-0.2, -0.15) is 5.26 Å². The minimum Gasteiger partial charge on any atom is -0.297 e. The number of nitrogens with zero attached hydrogens (tertiary/aromatic N) is 2. The highest BCUT2D eigenvalue weighted by molar-refractivity contribution is 5.87. The second-order valence-electron chi connectivity index (χ2n) is 7.00. The zero-order valence-corrected chi connectivity index (χ0v) is 10.7. The molecule has 0 aromatic carbocycles. The summed E-state index contributed by atoms with van der Waals surface area (Å²) in [6, 6.07) is 2.80. The van der Waals surface area contributed by atoms with Crippen molar-refractivity contribution < 1.29 is 4.79 Å². The summed E-state index contributed by atoms with van der Waals surface area (Å²) in [5.41, 5.74) is 0. The number of ketones is 1. The lowest BCUT2D eigenvalue weighted by atomic mass is 9.54. The highest BCUT2D eigenvalue weighted by Crippen LogP contribution is 2.55. The molecule has 96 valence electrons. The zero-order chi connectivity index (χ0) is 12.3. The summed E-state index contributed by atoms with van der Waals surface area (Å²) < 4.78 is 0. The second-order valence-corrected chi connectivity index (χ2v) is 7.00. The molecule has 3 heteroatoms. The van der Waals surface area contributed by atoms with E-state index in [1.165, 1.54) is 32.1 Å². The van der Waals surface area contributed by atoms with Crippen LogP contribution in [-0.4, -0.2) is 29.8 Å². The first-order valence-electron chi connectivity index (χ1n) is 7.41. The van der Waals surface area contributed by atoms with Crippen LogP contribution in [0.4, 0.5) is 0 Å². The number of hydrogen-bond donors (Lipinski definition) is 0. The molecule has 1 saturated heterocycles. The summed E-state index contributed by atoms with van der Waals surface area (Å²) in [6.07, 6.45) is 7.03. The largest absolute Gasteiger partial charge is 0.297 e. The van der Waals surface area contributed by atoms with E-state index in [2.05, 4.69) is 11.0 Å². The van der Waals surface area contributed by atoms with Crippen molar-refractivity contribution in [1.29, 1.82) is 5.26 Å². The molecule has 1 aliphatic heterocycles. The smallest absolute Gasteiger partial charge is 0.165 e. The zero-order valence-electron chi connectivity index (χ0n) is 10.7. The van der Waals surface area contributed by atoms with Gasteiger partial charge in [-0.1, -0.05) is 0 Å². The predicted octanol–water partition coefficient (Wildman–Crippen LogP) is 1.84. The van der Waals surface area contributed by atoms with Gasteiger partial charge in [0.1, 0.15) is 5.92 Å². The highest BCUT2D eigenvalue weighted by atomic mass is 16.1. The Morgan fingerprint density at radius 3 is 2.17 bits per heavy atom. The Hall–Kier alpha value is -0.880. The van der Waals surface area contributed by atoms with Crippen LogP contribution < -0.4 is 0 Å². The lowest BCUT2D eigenvalue weighted by molar-refractivity contribution is -0.119. The maximum Gasteiger partial charge on any atom is 0.165 e. The Bertz CT molecular complexity index is 397. The number of carbonyl (C=O) groups excluding carboxylic acids is 1. The number of carbonyl (C=O) groups is 1. The van der Waals surface area contributed by atoms with E-state index >= 15 is 0 Å². The molecule has 3 nitrogen and oxygen atoms in total. The molecular weight excluding hydrogens is 224 g/mol. The van der Waals surface area contributed by atoms with Crippen LogP contribution in [0.15, 0.2) is 0 Å². The van der Waals surface area contributed by atoms with Crippen LogP contribution in [0.1, 0.15) is 32.1 Å². The van der Waals surface area contributed by atoms with Gasteiger partial charge in [0.2, 0.25) is 0 Å². The molecule has 18 heavy (non-hydrogen) atoms. The van der Waals surface area contributed by atoms with Crippen molar-refractivity contribution in [2.45, 2.75) is 38.1 Å². The molecular formula is C15H20N2O. The van der Waals surface area contributed by atoms with Gasteiger partial charge in [0.15, 0.2) is 5.78 Å². The summed E-state index contributed by atoms with van der Waals surface area (Å²) in [4.78, 5) is 14.2. The van der Waals surface area contributed by atoms with E-state index in [9.17, 15) is 4.79 Å². The Balaban J connectivity index is 1.56. The van der Waals surface area contributed by atoms with Crippen molar-refractivity contribution in [3.63, 3.8) is 0 Å². The molecule has 4 aliphatic carbocycles. The molecule has 0 aromatic rings. The lowest BCUT2D eigenvalue weighted by Crippen LogP contribution is -2.55. The fourth-order valence-electron chi connectivity index (χ4n) is 5.54. The molecule has 5 rings (SSSR count). The molecule has 0 spiro atoms. The number of Topliss-reactive ketones (excluding diaryl/α,β-unsaturated/α-hetero) is 1. The van der Waals surface area contributed by atoms with Crippen LogP contribution in [0.2, 0.25) is 0 Å². The molecule has 1 atom stereocenters. The molecule has 1 heterocycles. The van der Waals surface area contributed by atoms with Crippen LogP contribution in [0, 0.1) is 40.9 Å². The van der Waals surface area contributed by atoms with E-state index in [1.807, 2.05) is 0 Å². The first-order valence-corrected chi connectivity index (χ1v) is 7.41. The summed E-state index contributed by atoms with van der Waals surface area (Å²) in [5, 5.41) is 9.01. The van der Waals surface area contributed by atoms with E-state index in [0.29, 0.717) is 19.1 Å². The van der Waals surface area contributed by atoms with E-state index in [1.54, 1.807) is 0 Å². The molecule has 4 saturated carbocycles. The van der Waals surface area contributed by atoms with E-state index < -0.39 is 0 Å². The summed E-state index contributed by atoms with van der Waals surface area (Å²) >= 11 is 0. The van der Waals surface area contributed by atoms with Gasteiger partial charge in [-0.15, -0.1) is 0 Å². The summed E-state index contributed by atoms with van der Waals surface area (Å²) in [5.74, 6) is 3.43. The molecule has 4 bridgehead atoms. The number of hydrogen-bond acceptors (Lipinski definition) is 3. The fourth-order valence-corrected chi connectivity index (χ4v) is 5.54. The number of rotatable bonds is 1. The number of nitriles is 1. The Labute approximate surface area is 108 Å². The average molecular weight is 244 g/mol. The molecule has 0 aromatic heterocycles. The van der Waals surface area contributed by atoms with Crippen molar-refractivity contribution >= 4 is 5.78 Å². The monoisotopic (exact) mass is 244 g/mol. The third-order valence-corrected chi connectivity index (χ3v) is 5.92. The minimum atomic E-state index is -0.345. The van der Waals surface area contributed by atoms with E-state index in [-0.39, 0.29) is 11.7 Å². The average Bonchev–Trinajstić information content (AvgIpc) is 2.69. The second kappa shape index (κ2) is 3.81. The quantitative estimate of drug-likeness (QED) is 0.707. The third kappa shape index (κ3) is 1.48. The molecule has 5 aliphatic rings. The van der Waals surface area contributed by atoms with Crippen molar-refractivity contribution in [3.05, 3.63) is 0 Å². The van der Waals surface area contributed by atoms with Crippen molar-refractivity contribution in [1.82, 2.24) is 4.90 Å². The van der Waals surface area contributed by atoms with Crippen LogP contribution in [0.3, 0.4) is 0 Å². The predicted molar refractivity (Wildman–Crippen MR) is 66.5 cm³/mol. The topological polar surface area (TPSA) is 44.1 Å². The van der Waals surface area contributed by atoms with Gasteiger partial charge < -0.3 is 0 Å². The number of likely N-dealkylation sites (tertiary alicyclic amines) is 1. The Kier molecular flexibility index (Phi) is 2.32. The molecule has 0 amide bonds. The Morgan fingerprint density at radius 2 is 1.67 bits per heavy atom. The maximum absolute atomic E-state index is 11.8. The standard InChI is InChI=1S/C15H20N2O/c16-6-13-7-17(8-14(13)18)15-11-2-9-1-10(4-11)5-12(15)3-9/h9-13,15H,1-5,7-8H2. The molecule has 0 radical (unpaired) electrons. The normalized spacial score (nSPS) is 50.7. The summed E-state index contributed by atoms with van der Waals surface area (Å²) in [6.45, 7) is 1.26. The van der Waals surface area contributed by atoms with Crippen LogP contribution in [-0.2, 0) is 4.79 Å². The first kappa shape index (κ1) is 11.0. The van der Waals surface area contributed by atoms with Crippen LogP contribution in [0.5, 0.6) is 0 Å². The van der Waals surface area contributed by atoms with Crippen molar-refractivity contribution in [2.24, 2.45) is 29.6 Å². The molecule has 5 fully saturated rings. The van der Waals surface area contributed by atoms with Crippen molar-refractivity contribution in [2.75, 3.05) is 13.1 Å². The fraction of sp³-hybridized carbons (Fsp3) is 0.867. The van der Waals surface area contributed by atoms with Gasteiger partial charge in [-0.25, -0.2) is 0 Å². The van der Waals surface area contributed by atoms with Crippen LogP contribution >= 0.6 is 0 Å².